The minimum absolute atomic E-state index is 0.0395. The van der Waals surface area contributed by atoms with E-state index in [1.54, 1.807) is 14.7 Å². The molecule has 3 atom stereocenters. The fourth-order valence-electron chi connectivity index (χ4n) is 5.08. The lowest BCUT2D eigenvalue weighted by molar-refractivity contribution is 0.0897. The first-order valence-corrected chi connectivity index (χ1v) is 12.1. The zero-order chi connectivity index (χ0) is 20.2. The van der Waals surface area contributed by atoms with Crippen LogP contribution in [0.5, 0.6) is 0 Å². The average Bonchev–Trinajstić information content (AvgIpc) is 3.34. The van der Waals surface area contributed by atoms with Gasteiger partial charge in [-0.25, -0.2) is 0 Å². The van der Waals surface area contributed by atoms with E-state index in [-0.39, 0.29) is 30.1 Å². The number of nitrogens with zero attached hydrogens (tertiary/aromatic N) is 3. The van der Waals surface area contributed by atoms with Crippen molar-refractivity contribution in [3.05, 3.63) is 17.5 Å². The van der Waals surface area contributed by atoms with Crippen LogP contribution >= 0.6 is 0 Å². The van der Waals surface area contributed by atoms with E-state index in [1.807, 2.05) is 0 Å². The third-order valence-electron chi connectivity index (χ3n) is 6.83. The SMILES string of the molecule is NC1CCN(S(=O)(=O)N2[C@@H]3CC[C@H]2C[C@H](NC(=O)c2cc(C4CC4)on2)C3)CC1. The van der Waals surface area contributed by atoms with E-state index in [9.17, 15) is 13.2 Å². The van der Waals surface area contributed by atoms with Crippen LogP contribution in [-0.2, 0) is 10.2 Å². The van der Waals surface area contributed by atoms with Crippen molar-refractivity contribution >= 4 is 16.1 Å². The predicted octanol–water partition coefficient (Wildman–Crippen LogP) is 0.945. The smallest absolute Gasteiger partial charge is 0.282 e. The van der Waals surface area contributed by atoms with Gasteiger partial charge in [0.05, 0.1) is 0 Å². The zero-order valence-electron chi connectivity index (χ0n) is 16.5. The number of carbonyl (C=O) groups is 1. The van der Waals surface area contributed by atoms with E-state index in [0.717, 1.165) is 31.4 Å². The number of nitrogens with one attached hydrogen (secondary N) is 1. The van der Waals surface area contributed by atoms with Crippen LogP contribution in [0.25, 0.3) is 0 Å². The number of carbonyl (C=O) groups excluding carboxylic acids is 1. The molecule has 4 aliphatic rings. The van der Waals surface area contributed by atoms with Crippen molar-refractivity contribution in [1.29, 1.82) is 0 Å². The molecule has 0 radical (unpaired) electrons. The minimum Gasteiger partial charge on any atom is -0.360 e. The van der Waals surface area contributed by atoms with Gasteiger partial charge in [-0.1, -0.05) is 5.16 Å². The summed E-state index contributed by atoms with van der Waals surface area (Å²) in [6.45, 7) is 0.990. The number of hydrogen-bond donors (Lipinski definition) is 2. The highest BCUT2D eigenvalue weighted by molar-refractivity contribution is 7.86. The number of amides is 1. The van der Waals surface area contributed by atoms with Gasteiger partial charge in [0.2, 0.25) is 0 Å². The summed E-state index contributed by atoms with van der Waals surface area (Å²) in [5.74, 6) is 0.974. The molecule has 4 fully saturated rings. The van der Waals surface area contributed by atoms with Crippen LogP contribution in [0.1, 0.15) is 73.5 Å². The molecular formula is C19H29N5O4S. The van der Waals surface area contributed by atoms with E-state index in [1.165, 1.54) is 0 Å². The number of hydrogen-bond acceptors (Lipinski definition) is 6. The van der Waals surface area contributed by atoms with E-state index in [2.05, 4.69) is 10.5 Å². The first-order valence-electron chi connectivity index (χ1n) is 10.7. The number of aromatic nitrogens is 1. The zero-order valence-corrected chi connectivity index (χ0v) is 17.3. The molecule has 4 heterocycles. The number of nitrogens with two attached hydrogens (primary N) is 1. The summed E-state index contributed by atoms with van der Waals surface area (Å²) < 4.78 is 35.1. The Morgan fingerprint density at radius 2 is 1.76 bits per heavy atom. The van der Waals surface area contributed by atoms with Crippen LogP contribution in [0.15, 0.2) is 10.6 Å². The Morgan fingerprint density at radius 1 is 1.10 bits per heavy atom. The van der Waals surface area contributed by atoms with Gasteiger partial charge in [-0.15, -0.1) is 0 Å². The predicted molar refractivity (Wildman–Crippen MR) is 105 cm³/mol. The Morgan fingerprint density at radius 3 is 2.38 bits per heavy atom. The summed E-state index contributed by atoms with van der Waals surface area (Å²) in [5, 5.41) is 6.96. The molecule has 1 saturated carbocycles. The molecular weight excluding hydrogens is 394 g/mol. The van der Waals surface area contributed by atoms with Crippen LogP contribution in [-0.4, -0.2) is 65.3 Å². The maximum absolute atomic E-state index is 13.2. The second-order valence-electron chi connectivity index (χ2n) is 8.99. The summed E-state index contributed by atoms with van der Waals surface area (Å²) in [6, 6.07) is 1.68. The van der Waals surface area contributed by atoms with Gasteiger partial charge in [0.1, 0.15) is 5.76 Å². The quantitative estimate of drug-likeness (QED) is 0.727. The van der Waals surface area contributed by atoms with Crippen molar-refractivity contribution in [1.82, 2.24) is 19.1 Å². The van der Waals surface area contributed by atoms with Crippen LogP contribution < -0.4 is 11.1 Å². The van der Waals surface area contributed by atoms with Gasteiger partial charge >= 0.3 is 0 Å². The van der Waals surface area contributed by atoms with Crippen molar-refractivity contribution in [2.75, 3.05) is 13.1 Å². The fraction of sp³-hybridized carbons (Fsp3) is 0.789. The van der Waals surface area contributed by atoms with Gasteiger partial charge in [-0.05, 0) is 51.4 Å². The third-order valence-corrected chi connectivity index (χ3v) is 8.98. The lowest BCUT2D eigenvalue weighted by Gasteiger charge is -2.41. The topological polar surface area (TPSA) is 122 Å². The number of fused-ring (bicyclic) bond motifs is 2. The van der Waals surface area contributed by atoms with Crippen molar-refractivity contribution in [2.24, 2.45) is 5.73 Å². The van der Waals surface area contributed by atoms with E-state index < -0.39 is 10.2 Å². The highest BCUT2D eigenvalue weighted by Gasteiger charge is 2.49. The highest BCUT2D eigenvalue weighted by Crippen LogP contribution is 2.41. The molecule has 9 nitrogen and oxygen atoms in total. The van der Waals surface area contributed by atoms with Gasteiger partial charge < -0.3 is 15.6 Å². The second-order valence-corrected chi connectivity index (χ2v) is 10.8. The van der Waals surface area contributed by atoms with Gasteiger partial charge in [-0.3, -0.25) is 4.79 Å². The molecule has 160 valence electrons. The maximum atomic E-state index is 13.2. The van der Waals surface area contributed by atoms with Crippen LogP contribution in [0.4, 0.5) is 0 Å². The number of piperidine rings is 2. The summed E-state index contributed by atoms with van der Waals surface area (Å²) in [5.41, 5.74) is 6.25. The first kappa shape index (κ1) is 19.5. The van der Waals surface area contributed by atoms with Gasteiger partial charge in [0.25, 0.3) is 16.1 Å². The molecule has 29 heavy (non-hydrogen) atoms. The van der Waals surface area contributed by atoms with E-state index in [0.29, 0.717) is 50.4 Å². The largest absolute Gasteiger partial charge is 0.360 e. The molecule has 1 aromatic heterocycles. The Hall–Kier alpha value is -1.49. The molecule has 0 aromatic carbocycles. The molecule has 10 heteroatoms. The van der Waals surface area contributed by atoms with Crippen LogP contribution in [0, 0.1) is 0 Å². The van der Waals surface area contributed by atoms with Gasteiger partial charge in [0.15, 0.2) is 5.69 Å². The van der Waals surface area contributed by atoms with E-state index in [4.69, 9.17) is 10.3 Å². The number of rotatable bonds is 5. The Kier molecular flexibility index (Phi) is 4.92. The van der Waals surface area contributed by atoms with Gasteiger partial charge in [-0.2, -0.15) is 17.0 Å². The van der Waals surface area contributed by atoms with Crippen molar-refractivity contribution in [3.8, 4) is 0 Å². The second kappa shape index (κ2) is 7.33. The van der Waals surface area contributed by atoms with Crippen molar-refractivity contribution < 1.29 is 17.7 Å². The molecule has 0 spiro atoms. The van der Waals surface area contributed by atoms with E-state index >= 15 is 0 Å². The summed E-state index contributed by atoms with van der Waals surface area (Å²) in [6.07, 6.45) is 6.58. The van der Waals surface area contributed by atoms with Crippen LogP contribution in [0.2, 0.25) is 0 Å². The summed E-state index contributed by atoms with van der Waals surface area (Å²) >= 11 is 0. The molecule has 1 aliphatic carbocycles. The minimum atomic E-state index is -3.48. The normalized spacial score (nSPS) is 31.8. The molecule has 0 unspecified atom stereocenters. The molecule has 3 aliphatic heterocycles. The van der Waals surface area contributed by atoms with Gasteiger partial charge in [0, 0.05) is 49.2 Å². The highest BCUT2D eigenvalue weighted by atomic mass is 32.2. The lowest BCUT2D eigenvalue weighted by Crippen LogP contribution is -2.57. The summed E-state index contributed by atoms with van der Waals surface area (Å²) in [7, 11) is -3.48. The monoisotopic (exact) mass is 423 g/mol. The maximum Gasteiger partial charge on any atom is 0.282 e. The lowest BCUT2D eigenvalue weighted by atomic mass is 9.99. The average molecular weight is 424 g/mol. The van der Waals surface area contributed by atoms with Crippen LogP contribution in [0.3, 0.4) is 0 Å². The Balaban J connectivity index is 1.23. The Bertz CT molecular complexity index is 861. The molecule has 2 bridgehead atoms. The molecule has 1 amide bonds. The standard InChI is InChI=1S/C19H29N5O4S/c20-13-5-7-23(8-6-13)29(26,27)24-15-3-4-16(24)10-14(9-15)21-19(25)17-11-18(28-22-17)12-1-2-12/h11-16H,1-10,20H2,(H,21,25)/t14-,15-,16+. The Labute approximate surface area is 171 Å². The summed E-state index contributed by atoms with van der Waals surface area (Å²) in [4.78, 5) is 12.6. The van der Waals surface area contributed by atoms with Crippen molar-refractivity contribution in [3.63, 3.8) is 0 Å². The molecule has 3 saturated heterocycles. The molecule has 3 N–H and O–H groups in total. The third kappa shape index (κ3) is 3.71. The molecule has 5 rings (SSSR count). The molecule has 1 aromatic rings. The first-order chi connectivity index (χ1) is 13.9. The van der Waals surface area contributed by atoms with Crippen molar-refractivity contribution in [2.45, 2.75) is 81.5 Å². The fourth-order valence-corrected chi connectivity index (χ4v) is 7.16.